The molecule has 0 radical (unpaired) electrons. The summed E-state index contributed by atoms with van der Waals surface area (Å²) in [7, 11) is 0. The van der Waals surface area contributed by atoms with Gasteiger partial charge < -0.3 is 21.5 Å². The Morgan fingerprint density at radius 3 is 3.05 bits per heavy atom. The van der Waals surface area contributed by atoms with Crippen molar-refractivity contribution in [3.8, 4) is 5.75 Å². The summed E-state index contributed by atoms with van der Waals surface area (Å²) in [6.45, 7) is 0.987. The summed E-state index contributed by atoms with van der Waals surface area (Å²) in [6, 6.07) is 1.57. The maximum absolute atomic E-state index is 11.0. The van der Waals surface area contributed by atoms with Gasteiger partial charge in [-0.15, -0.1) is 0 Å². The fourth-order valence-corrected chi connectivity index (χ4v) is 1.98. The van der Waals surface area contributed by atoms with Gasteiger partial charge in [-0.1, -0.05) is 0 Å². The first-order valence-electron chi connectivity index (χ1n) is 6.04. The van der Waals surface area contributed by atoms with Crippen molar-refractivity contribution >= 4 is 11.8 Å². The Labute approximate surface area is 110 Å². The second kappa shape index (κ2) is 5.66. The van der Waals surface area contributed by atoms with Crippen LogP contribution in [0.25, 0.3) is 0 Å². The molecule has 0 saturated carbocycles. The minimum Gasteiger partial charge on any atom is -0.506 e. The lowest BCUT2D eigenvalue weighted by Crippen LogP contribution is -2.35. The minimum absolute atomic E-state index is 0.00737. The highest BCUT2D eigenvalue weighted by Crippen LogP contribution is 2.16. The van der Waals surface area contributed by atoms with E-state index in [1.807, 2.05) is 0 Å². The molecule has 7 heteroatoms. The van der Waals surface area contributed by atoms with E-state index in [1.54, 1.807) is 0 Å². The molecule has 0 aliphatic carbocycles. The first-order valence-corrected chi connectivity index (χ1v) is 6.04. The quantitative estimate of drug-likeness (QED) is 0.558. The van der Waals surface area contributed by atoms with Crippen LogP contribution in [0.1, 0.15) is 28.9 Å². The Morgan fingerprint density at radius 2 is 2.42 bits per heavy atom. The molecule has 102 valence electrons. The Balaban J connectivity index is 1.90. The van der Waals surface area contributed by atoms with Gasteiger partial charge in [-0.25, -0.2) is 4.98 Å². The second-order valence-corrected chi connectivity index (χ2v) is 4.50. The molecule has 1 saturated heterocycles. The molecule has 2 rings (SSSR count). The SMILES string of the molecule is NC(=O)c1cc(CNC[C@@H]2CCC(=O)N2)c(O)cn1. The van der Waals surface area contributed by atoms with Crippen LogP contribution in [-0.2, 0) is 11.3 Å². The highest BCUT2D eigenvalue weighted by Gasteiger charge is 2.20. The number of carbonyl (C=O) groups is 2. The lowest BCUT2D eigenvalue weighted by atomic mass is 10.2. The maximum atomic E-state index is 11.0. The number of aromatic nitrogens is 1. The van der Waals surface area contributed by atoms with E-state index in [9.17, 15) is 14.7 Å². The molecule has 2 amide bonds. The van der Waals surface area contributed by atoms with Gasteiger partial charge >= 0.3 is 0 Å². The van der Waals surface area contributed by atoms with Crippen LogP contribution in [0.15, 0.2) is 12.3 Å². The number of amides is 2. The number of nitrogens with one attached hydrogen (secondary N) is 2. The summed E-state index contributed by atoms with van der Waals surface area (Å²) in [5.74, 6) is -0.563. The van der Waals surface area contributed by atoms with Gasteiger partial charge in [0.2, 0.25) is 5.91 Å². The molecule has 1 aromatic heterocycles. The lowest BCUT2D eigenvalue weighted by Gasteiger charge is -2.12. The van der Waals surface area contributed by atoms with Crippen molar-refractivity contribution in [3.05, 3.63) is 23.5 Å². The van der Waals surface area contributed by atoms with Crippen LogP contribution in [0.4, 0.5) is 0 Å². The third-order valence-electron chi connectivity index (χ3n) is 3.01. The standard InChI is InChI=1S/C12H16N4O3/c13-12(19)9-3-7(10(17)6-15-9)4-14-5-8-1-2-11(18)16-8/h3,6,8,14,17H,1-2,4-5H2,(H2,13,19)(H,16,18)/t8-/m0/s1. The van der Waals surface area contributed by atoms with Crippen LogP contribution in [0.5, 0.6) is 5.75 Å². The van der Waals surface area contributed by atoms with Crippen molar-refractivity contribution in [3.63, 3.8) is 0 Å². The third-order valence-corrected chi connectivity index (χ3v) is 3.01. The molecule has 1 atom stereocenters. The first-order chi connectivity index (χ1) is 9.06. The number of hydrogen-bond acceptors (Lipinski definition) is 5. The Hall–Kier alpha value is -2.15. The molecule has 1 aliphatic heterocycles. The lowest BCUT2D eigenvalue weighted by molar-refractivity contribution is -0.119. The van der Waals surface area contributed by atoms with Crippen molar-refractivity contribution < 1.29 is 14.7 Å². The smallest absolute Gasteiger partial charge is 0.267 e. The highest BCUT2D eigenvalue weighted by molar-refractivity contribution is 5.91. The van der Waals surface area contributed by atoms with Crippen molar-refractivity contribution in [2.45, 2.75) is 25.4 Å². The van der Waals surface area contributed by atoms with Gasteiger partial charge in [-0.05, 0) is 12.5 Å². The van der Waals surface area contributed by atoms with Crippen LogP contribution in [0, 0.1) is 0 Å². The number of primary amides is 1. The molecular formula is C12H16N4O3. The number of carbonyl (C=O) groups excluding carboxylic acids is 2. The Bertz CT molecular complexity index is 504. The molecule has 1 fully saturated rings. The average Bonchev–Trinajstić information content (AvgIpc) is 2.77. The van der Waals surface area contributed by atoms with E-state index >= 15 is 0 Å². The number of rotatable bonds is 5. The van der Waals surface area contributed by atoms with Crippen LogP contribution >= 0.6 is 0 Å². The predicted octanol–water partition coefficient (Wildman–Crippen LogP) is -0.746. The molecule has 1 aliphatic rings. The van der Waals surface area contributed by atoms with Crippen LogP contribution < -0.4 is 16.4 Å². The van der Waals surface area contributed by atoms with Crippen LogP contribution in [0.2, 0.25) is 0 Å². The summed E-state index contributed by atoms with van der Waals surface area (Å²) >= 11 is 0. The monoisotopic (exact) mass is 264 g/mol. The number of nitrogens with zero attached hydrogens (tertiary/aromatic N) is 1. The van der Waals surface area contributed by atoms with Gasteiger partial charge in [0.25, 0.3) is 5.91 Å². The first kappa shape index (κ1) is 13.3. The summed E-state index contributed by atoms with van der Waals surface area (Å²) < 4.78 is 0. The molecule has 0 bridgehead atoms. The molecule has 5 N–H and O–H groups in total. The van der Waals surface area contributed by atoms with E-state index in [4.69, 9.17) is 5.73 Å². The second-order valence-electron chi connectivity index (χ2n) is 4.50. The Morgan fingerprint density at radius 1 is 1.63 bits per heavy atom. The molecule has 19 heavy (non-hydrogen) atoms. The van der Waals surface area contributed by atoms with Crippen molar-refractivity contribution in [2.75, 3.05) is 6.54 Å². The molecule has 0 aromatic carbocycles. The van der Waals surface area contributed by atoms with E-state index in [1.165, 1.54) is 12.3 Å². The number of pyridine rings is 1. The summed E-state index contributed by atoms with van der Waals surface area (Å²) in [5, 5.41) is 15.6. The van der Waals surface area contributed by atoms with E-state index in [-0.39, 0.29) is 23.4 Å². The molecule has 2 heterocycles. The third kappa shape index (κ3) is 3.41. The van der Waals surface area contributed by atoms with Crippen molar-refractivity contribution in [1.29, 1.82) is 0 Å². The predicted molar refractivity (Wildman–Crippen MR) is 67.3 cm³/mol. The van der Waals surface area contributed by atoms with Gasteiger partial charge in [-0.3, -0.25) is 9.59 Å². The van der Waals surface area contributed by atoms with Gasteiger partial charge in [0, 0.05) is 31.1 Å². The zero-order valence-electron chi connectivity index (χ0n) is 10.3. The van der Waals surface area contributed by atoms with Crippen molar-refractivity contribution in [2.24, 2.45) is 5.73 Å². The summed E-state index contributed by atoms with van der Waals surface area (Å²) in [6.07, 6.45) is 2.56. The fourth-order valence-electron chi connectivity index (χ4n) is 1.98. The maximum Gasteiger partial charge on any atom is 0.267 e. The van der Waals surface area contributed by atoms with E-state index in [0.717, 1.165) is 6.42 Å². The van der Waals surface area contributed by atoms with Crippen molar-refractivity contribution in [1.82, 2.24) is 15.6 Å². The van der Waals surface area contributed by atoms with Crippen LogP contribution in [0.3, 0.4) is 0 Å². The van der Waals surface area contributed by atoms with Gasteiger partial charge in [-0.2, -0.15) is 0 Å². The highest BCUT2D eigenvalue weighted by atomic mass is 16.3. The fraction of sp³-hybridized carbons (Fsp3) is 0.417. The topological polar surface area (TPSA) is 117 Å². The van der Waals surface area contributed by atoms with Gasteiger partial charge in [0.05, 0.1) is 6.20 Å². The number of aromatic hydroxyl groups is 1. The van der Waals surface area contributed by atoms with Crippen LogP contribution in [-0.4, -0.2) is 34.5 Å². The normalized spacial score (nSPS) is 18.3. The molecule has 0 unspecified atom stereocenters. The largest absolute Gasteiger partial charge is 0.506 e. The summed E-state index contributed by atoms with van der Waals surface area (Å²) in [4.78, 5) is 25.7. The number of hydrogen-bond donors (Lipinski definition) is 4. The molecule has 1 aromatic rings. The van der Waals surface area contributed by atoms with E-state index < -0.39 is 5.91 Å². The van der Waals surface area contributed by atoms with Gasteiger partial charge in [0.15, 0.2) is 0 Å². The van der Waals surface area contributed by atoms with E-state index in [2.05, 4.69) is 15.6 Å². The number of nitrogens with two attached hydrogens (primary N) is 1. The molecular weight excluding hydrogens is 248 g/mol. The van der Waals surface area contributed by atoms with Gasteiger partial charge in [0.1, 0.15) is 11.4 Å². The zero-order chi connectivity index (χ0) is 13.8. The average molecular weight is 264 g/mol. The summed E-state index contributed by atoms with van der Waals surface area (Å²) in [5.41, 5.74) is 5.79. The minimum atomic E-state index is -0.635. The Kier molecular flexibility index (Phi) is 3.96. The van der Waals surface area contributed by atoms with E-state index in [0.29, 0.717) is 25.1 Å². The zero-order valence-corrected chi connectivity index (χ0v) is 10.3. The molecule has 0 spiro atoms. The molecule has 7 nitrogen and oxygen atoms in total.